The zero-order valence-electron chi connectivity index (χ0n) is 14.2. The molecular weight excluding hydrogens is 423 g/mol. The van der Waals surface area contributed by atoms with Gasteiger partial charge in [0.2, 0.25) is 0 Å². The van der Waals surface area contributed by atoms with Crippen LogP contribution < -0.4 is 15.2 Å². The van der Waals surface area contributed by atoms with Crippen LogP contribution in [-0.2, 0) is 15.5 Å². The Morgan fingerprint density at radius 2 is 1.88 bits per heavy atom. The van der Waals surface area contributed by atoms with Gasteiger partial charge in [0.05, 0.1) is 22.0 Å². The second-order valence-electron chi connectivity index (χ2n) is 6.32. The van der Waals surface area contributed by atoms with Gasteiger partial charge in [-0.3, -0.25) is 0 Å². The molecule has 5 nitrogen and oxygen atoms in total. The minimum atomic E-state index is -3.61. The summed E-state index contributed by atoms with van der Waals surface area (Å²) >= 11 is 3.23. The van der Waals surface area contributed by atoms with E-state index in [9.17, 15) is 12.8 Å². The van der Waals surface area contributed by atoms with Crippen LogP contribution in [0.1, 0.15) is 16.7 Å². The second kappa shape index (κ2) is 6.59. The Morgan fingerprint density at radius 1 is 1.23 bits per heavy atom. The first-order valence-corrected chi connectivity index (χ1v) is 10.4. The summed E-state index contributed by atoms with van der Waals surface area (Å²) in [5.74, 6) is 0.453. The first kappa shape index (κ1) is 18.7. The molecule has 1 aliphatic heterocycles. The molecule has 1 atom stereocenters. The van der Waals surface area contributed by atoms with Gasteiger partial charge in [-0.25, -0.2) is 4.39 Å². The van der Waals surface area contributed by atoms with Crippen molar-refractivity contribution in [2.75, 3.05) is 12.8 Å². The lowest BCUT2D eigenvalue weighted by molar-refractivity contribution is 0.490. The van der Waals surface area contributed by atoms with E-state index in [-0.39, 0.29) is 11.6 Å². The van der Waals surface area contributed by atoms with Gasteiger partial charge in [-0.1, -0.05) is 18.2 Å². The molecule has 0 spiro atoms. The van der Waals surface area contributed by atoms with Gasteiger partial charge < -0.3 is 15.2 Å². The van der Waals surface area contributed by atoms with Crippen LogP contribution in [0.15, 0.2) is 52.8 Å². The minimum absolute atomic E-state index is 0.273. The highest BCUT2D eigenvalue weighted by Gasteiger charge is 2.37. The minimum Gasteiger partial charge on any atom is -0.386 e. The maximum absolute atomic E-state index is 13.7. The van der Waals surface area contributed by atoms with E-state index in [4.69, 9.17) is 9.92 Å². The quantitative estimate of drug-likeness (QED) is 0.714. The van der Waals surface area contributed by atoms with Crippen LogP contribution in [-0.4, -0.2) is 21.2 Å². The second-order valence-corrected chi connectivity index (χ2v) is 8.75. The van der Waals surface area contributed by atoms with Crippen molar-refractivity contribution in [2.24, 2.45) is 5.73 Å². The summed E-state index contributed by atoms with van der Waals surface area (Å²) in [7, 11) is -3.61. The number of rotatable bonds is 4. The molecule has 3 N–H and O–H groups in total. The predicted molar refractivity (Wildman–Crippen MR) is 102 cm³/mol. The van der Waals surface area contributed by atoms with Crippen LogP contribution in [0.5, 0.6) is 5.75 Å². The summed E-state index contributed by atoms with van der Waals surface area (Å²) in [5, 5.41) is 3.12. The van der Waals surface area contributed by atoms with E-state index >= 15 is 0 Å². The molecule has 0 aliphatic carbocycles. The van der Waals surface area contributed by atoms with Crippen LogP contribution >= 0.6 is 15.9 Å². The van der Waals surface area contributed by atoms with E-state index < -0.39 is 15.5 Å². The highest BCUT2D eigenvalue weighted by Crippen LogP contribution is 2.39. The molecule has 0 amide bonds. The zero-order chi connectivity index (χ0) is 19.1. The number of halogens is 2. The van der Waals surface area contributed by atoms with Gasteiger partial charge in [-0.15, -0.1) is 0 Å². The Morgan fingerprint density at radius 3 is 2.42 bits per heavy atom. The van der Waals surface area contributed by atoms with E-state index in [1.807, 2.05) is 12.1 Å². The van der Waals surface area contributed by atoms with Crippen LogP contribution in [0, 0.1) is 12.7 Å². The Labute approximate surface area is 160 Å². The maximum Gasteiger partial charge on any atom is 0.306 e. The topological polar surface area (TPSA) is 81.4 Å². The van der Waals surface area contributed by atoms with Gasteiger partial charge in [0.15, 0.2) is 0 Å². The zero-order valence-corrected chi connectivity index (χ0v) is 16.6. The Balaban J connectivity index is 2.13. The van der Waals surface area contributed by atoms with E-state index in [2.05, 4.69) is 21.2 Å². The lowest BCUT2D eigenvalue weighted by Crippen LogP contribution is -2.31. The van der Waals surface area contributed by atoms with E-state index in [0.717, 1.165) is 17.4 Å². The highest BCUT2D eigenvalue weighted by atomic mass is 79.9. The smallest absolute Gasteiger partial charge is 0.306 e. The van der Waals surface area contributed by atoms with Gasteiger partial charge in [-0.2, -0.15) is 8.42 Å². The van der Waals surface area contributed by atoms with Gasteiger partial charge in [0.1, 0.15) is 11.6 Å². The first-order valence-electron chi connectivity index (χ1n) is 7.79. The fraction of sp³-hybridized carbons (Fsp3) is 0.222. The Hall–Kier alpha value is -2.06. The SMILES string of the molecule is Cc1cc(C2(c3ccc(F)c(Br)c3)C=C(N)NC2)ccc1OS(C)(=O)=O. The van der Waals surface area contributed by atoms with Crippen molar-refractivity contribution in [2.45, 2.75) is 12.3 Å². The van der Waals surface area contributed by atoms with Crippen molar-refractivity contribution >= 4 is 26.0 Å². The molecule has 0 bridgehead atoms. The Kier molecular flexibility index (Phi) is 4.74. The van der Waals surface area contributed by atoms with Gasteiger partial charge in [0, 0.05) is 6.54 Å². The molecule has 0 fully saturated rings. The van der Waals surface area contributed by atoms with Crippen LogP contribution in [0.25, 0.3) is 0 Å². The molecule has 2 aromatic carbocycles. The lowest BCUT2D eigenvalue weighted by Gasteiger charge is -2.29. The molecule has 3 rings (SSSR count). The first-order chi connectivity index (χ1) is 12.1. The standard InChI is InChI=1S/C18H18BrFN2O3S/c1-11-7-12(4-6-16(11)25-26(2,23)24)18(9-17(21)22-10-18)13-3-5-15(20)14(19)8-13/h3-9,22H,10,21H2,1-2H3. The van der Waals surface area contributed by atoms with E-state index in [0.29, 0.717) is 22.4 Å². The summed E-state index contributed by atoms with van der Waals surface area (Å²) in [6, 6.07) is 10.1. The van der Waals surface area contributed by atoms with Crippen molar-refractivity contribution in [3.63, 3.8) is 0 Å². The average Bonchev–Trinajstić information content (AvgIpc) is 2.94. The summed E-state index contributed by atoms with van der Waals surface area (Å²) in [5.41, 5.74) is 7.78. The molecule has 0 aromatic heterocycles. The third kappa shape index (κ3) is 3.57. The summed E-state index contributed by atoms with van der Waals surface area (Å²) < 4.78 is 41.8. The van der Waals surface area contributed by atoms with Crippen molar-refractivity contribution in [1.29, 1.82) is 0 Å². The summed E-state index contributed by atoms with van der Waals surface area (Å²) in [4.78, 5) is 0. The number of hydrogen-bond acceptors (Lipinski definition) is 5. The third-order valence-electron chi connectivity index (χ3n) is 4.34. The highest BCUT2D eigenvalue weighted by molar-refractivity contribution is 9.10. The van der Waals surface area contributed by atoms with Crippen molar-refractivity contribution < 1.29 is 17.0 Å². The fourth-order valence-electron chi connectivity index (χ4n) is 3.10. The fourth-order valence-corrected chi connectivity index (χ4v) is 4.00. The summed E-state index contributed by atoms with van der Waals surface area (Å²) in [6.07, 6.45) is 2.89. The molecule has 26 heavy (non-hydrogen) atoms. The molecule has 2 aromatic rings. The molecule has 138 valence electrons. The molecule has 0 saturated carbocycles. The number of nitrogens with one attached hydrogen (secondary N) is 1. The van der Waals surface area contributed by atoms with Gasteiger partial charge >= 0.3 is 10.1 Å². The van der Waals surface area contributed by atoms with Crippen LogP contribution in [0.3, 0.4) is 0 Å². The largest absolute Gasteiger partial charge is 0.386 e. The molecule has 1 heterocycles. The number of nitrogens with two attached hydrogens (primary N) is 1. The molecular formula is C18H18BrFN2O3S. The maximum atomic E-state index is 13.7. The Bertz CT molecular complexity index is 1010. The van der Waals surface area contributed by atoms with Crippen molar-refractivity contribution in [3.05, 3.63) is 75.3 Å². The van der Waals surface area contributed by atoms with Crippen LogP contribution in [0.2, 0.25) is 0 Å². The lowest BCUT2D eigenvalue weighted by atomic mass is 9.75. The molecule has 8 heteroatoms. The molecule has 1 unspecified atom stereocenters. The summed E-state index contributed by atoms with van der Waals surface area (Å²) in [6.45, 7) is 2.27. The third-order valence-corrected chi connectivity index (χ3v) is 5.43. The van der Waals surface area contributed by atoms with E-state index in [1.54, 1.807) is 31.2 Å². The van der Waals surface area contributed by atoms with Gasteiger partial charge in [0.25, 0.3) is 0 Å². The van der Waals surface area contributed by atoms with Crippen molar-refractivity contribution in [3.8, 4) is 5.75 Å². The average molecular weight is 441 g/mol. The number of aryl methyl sites for hydroxylation is 1. The monoisotopic (exact) mass is 440 g/mol. The molecule has 0 saturated heterocycles. The number of benzene rings is 2. The number of hydrogen-bond donors (Lipinski definition) is 2. The van der Waals surface area contributed by atoms with Crippen molar-refractivity contribution in [1.82, 2.24) is 5.32 Å². The molecule has 1 aliphatic rings. The van der Waals surface area contributed by atoms with E-state index in [1.165, 1.54) is 6.07 Å². The van der Waals surface area contributed by atoms with Crippen LogP contribution in [0.4, 0.5) is 4.39 Å². The van der Waals surface area contributed by atoms with Gasteiger partial charge in [-0.05, 0) is 63.8 Å². The normalized spacial score (nSPS) is 19.8. The predicted octanol–water partition coefficient (Wildman–Crippen LogP) is 2.92. The molecule has 0 radical (unpaired) electrons.